The number of sulfonamides is 1. The minimum Gasteiger partial charge on any atom is -0.497 e. The number of methoxy groups -OCH3 is 1. The molecule has 34 heavy (non-hydrogen) atoms. The quantitative estimate of drug-likeness (QED) is 0.598. The van der Waals surface area contributed by atoms with E-state index < -0.39 is 20.7 Å². The summed E-state index contributed by atoms with van der Waals surface area (Å²) in [6, 6.07) is 11.7. The van der Waals surface area contributed by atoms with Crippen LogP contribution < -0.4 is 4.74 Å². The molecule has 7 nitrogen and oxygen atoms in total. The first-order valence-electron chi connectivity index (χ1n) is 11.8. The lowest BCUT2D eigenvalue weighted by Gasteiger charge is -2.35. The van der Waals surface area contributed by atoms with E-state index in [-0.39, 0.29) is 11.5 Å². The largest absolute Gasteiger partial charge is 0.497 e. The monoisotopic (exact) mass is 489 g/mol. The van der Waals surface area contributed by atoms with Gasteiger partial charge in [0.05, 0.1) is 7.11 Å². The van der Waals surface area contributed by atoms with E-state index in [9.17, 15) is 17.6 Å². The molecule has 2 aromatic rings. The van der Waals surface area contributed by atoms with E-state index in [0.29, 0.717) is 26.2 Å². The van der Waals surface area contributed by atoms with Gasteiger partial charge in [-0.1, -0.05) is 18.6 Å². The van der Waals surface area contributed by atoms with Crippen molar-refractivity contribution in [1.82, 2.24) is 14.1 Å². The number of hydrogen-bond acceptors (Lipinski definition) is 5. The van der Waals surface area contributed by atoms with Gasteiger partial charge in [-0.15, -0.1) is 0 Å². The molecule has 0 radical (unpaired) electrons. The first-order chi connectivity index (χ1) is 16.4. The molecule has 0 N–H and O–H groups in total. The lowest BCUT2D eigenvalue weighted by atomic mass is 10.1. The average Bonchev–Trinajstić information content (AvgIpc) is 2.88. The van der Waals surface area contributed by atoms with Crippen LogP contribution in [0.4, 0.5) is 4.39 Å². The van der Waals surface area contributed by atoms with E-state index >= 15 is 0 Å². The number of piperazine rings is 1. The molecule has 2 fully saturated rings. The number of hydrogen-bond donors (Lipinski definition) is 0. The van der Waals surface area contributed by atoms with Gasteiger partial charge >= 0.3 is 0 Å². The molecule has 184 valence electrons. The fourth-order valence-electron chi connectivity index (χ4n) is 4.51. The van der Waals surface area contributed by atoms with Crippen LogP contribution in [0.25, 0.3) is 0 Å². The van der Waals surface area contributed by atoms with Crippen LogP contribution in [0, 0.1) is 5.82 Å². The molecule has 2 aromatic carbocycles. The van der Waals surface area contributed by atoms with Crippen molar-refractivity contribution in [2.45, 2.75) is 30.6 Å². The number of benzene rings is 2. The number of carbonyl (C=O) groups excluding carboxylic acids is 1. The molecule has 0 unspecified atom stereocenters. The molecule has 2 heterocycles. The van der Waals surface area contributed by atoms with Crippen molar-refractivity contribution >= 4 is 15.9 Å². The van der Waals surface area contributed by atoms with Crippen LogP contribution in [-0.2, 0) is 16.4 Å². The Labute approximate surface area is 201 Å². The lowest BCUT2D eigenvalue weighted by Crippen LogP contribution is -2.49. The van der Waals surface area contributed by atoms with Gasteiger partial charge in [0.15, 0.2) is 0 Å². The fraction of sp³-hybridized carbons (Fsp3) is 0.480. The summed E-state index contributed by atoms with van der Waals surface area (Å²) < 4.78 is 47.0. The van der Waals surface area contributed by atoms with Gasteiger partial charge in [0.2, 0.25) is 10.0 Å². The van der Waals surface area contributed by atoms with Crippen molar-refractivity contribution in [1.29, 1.82) is 0 Å². The maximum Gasteiger partial charge on any atom is 0.253 e. The van der Waals surface area contributed by atoms with E-state index in [1.807, 2.05) is 12.1 Å². The van der Waals surface area contributed by atoms with E-state index in [0.717, 1.165) is 57.1 Å². The molecule has 0 bridgehead atoms. The Bertz CT molecular complexity index is 1090. The third-order valence-corrected chi connectivity index (χ3v) is 8.56. The van der Waals surface area contributed by atoms with Crippen LogP contribution in [0.1, 0.15) is 35.2 Å². The van der Waals surface area contributed by atoms with Gasteiger partial charge in [-0.25, -0.2) is 12.8 Å². The minimum absolute atomic E-state index is 0.212. The molecule has 4 rings (SSSR count). The van der Waals surface area contributed by atoms with Crippen LogP contribution in [0.3, 0.4) is 0 Å². The van der Waals surface area contributed by atoms with E-state index in [1.165, 1.54) is 22.0 Å². The Morgan fingerprint density at radius 3 is 2.26 bits per heavy atom. The molecule has 1 amide bonds. The third kappa shape index (κ3) is 5.59. The second-order valence-electron chi connectivity index (χ2n) is 8.84. The number of carbonyl (C=O) groups is 1. The molecule has 2 aliphatic rings. The van der Waals surface area contributed by atoms with Gasteiger partial charge in [0.25, 0.3) is 5.91 Å². The number of rotatable bonds is 7. The zero-order valence-corrected chi connectivity index (χ0v) is 20.4. The van der Waals surface area contributed by atoms with Gasteiger partial charge in [0, 0.05) is 51.4 Å². The second-order valence-corrected chi connectivity index (χ2v) is 10.7. The second kappa shape index (κ2) is 10.8. The summed E-state index contributed by atoms with van der Waals surface area (Å²) in [7, 11) is -2.31. The lowest BCUT2D eigenvalue weighted by molar-refractivity contribution is 0.0638. The number of ether oxygens (including phenoxy) is 1. The number of halogens is 1. The van der Waals surface area contributed by atoms with E-state index in [1.54, 1.807) is 12.0 Å². The van der Waals surface area contributed by atoms with Crippen molar-refractivity contribution in [3.8, 4) is 5.75 Å². The summed E-state index contributed by atoms with van der Waals surface area (Å²) in [6.07, 6.45) is 3.41. The van der Waals surface area contributed by atoms with Gasteiger partial charge in [-0.3, -0.25) is 9.69 Å². The third-order valence-electron chi connectivity index (χ3n) is 6.65. The maximum atomic E-state index is 14.5. The standard InChI is InChI=1S/C25H32FN3O4S/c1-33-22-8-5-20(6-9-22)11-14-27-15-17-28(18-16-27)25(30)21-7-10-23(26)24(19-21)34(31,32)29-12-3-2-4-13-29/h5-10,19H,2-4,11-18H2,1H3. The van der Waals surface area contributed by atoms with Crippen LogP contribution >= 0.6 is 0 Å². The number of piperidine rings is 1. The summed E-state index contributed by atoms with van der Waals surface area (Å²) in [4.78, 5) is 16.7. The van der Waals surface area contributed by atoms with Crippen molar-refractivity contribution < 1.29 is 22.3 Å². The van der Waals surface area contributed by atoms with Crippen LogP contribution in [-0.4, -0.2) is 81.4 Å². The predicted molar refractivity (Wildman–Crippen MR) is 128 cm³/mol. The average molecular weight is 490 g/mol. The van der Waals surface area contributed by atoms with Gasteiger partial charge < -0.3 is 9.64 Å². The SMILES string of the molecule is COc1ccc(CCN2CCN(C(=O)c3ccc(F)c(S(=O)(=O)N4CCCCC4)c3)CC2)cc1. The zero-order valence-electron chi connectivity index (χ0n) is 19.6. The molecule has 2 aliphatic heterocycles. The maximum absolute atomic E-state index is 14.5. The van der Waals surface area contributed by atoms with Gasteiger partial charge in [-0.05, 0) is 55.2 Å². The Morgan fingerprint density at radius 2 is 1.62 bits per heavy atom. The zero-order chi connectivity index (χ0) is 24.1. The fourth-order valence-corrected chi connectivity index (χ4v) is 6.12. The molecular formula is C25H32FN3O4S. The van der Waals surface area contributed by atoms with Crippen molar-refractivity contribution in [2.75, 3.05) is 52.9 Å². The molecule has 0 spiro atoms. The predicted octanol–water partition coefficient (Wildman–Crippen LogP) is 3.01. The summed E-state index contributed by atoms with van der Waals surface area (Å²) in [5, 5.41) is 0. The topological polar surface area (TPSA) is 70.2 Å². The molecule has 0 aromatic heterocycles. The van der Waals surface area contributed by atoms with Crippen LogP contribution in [0.15, 0.2) is 47.4 Å². The van der Waals surface area contributed by atoms with Crippen molar-refractivity contribution in [3.63, 3.8) is 0 Å². The van der Waals surface area contributed by atoms with Gasteiger partial charge in [-0.2, -0.15) is 4.31 Å². The van der Waals surface area contributed by atoms with Crippen LogP contribution in [0.2, 0.25) is 0 Å². The minimum atomic E-state index is -3.95. The van der Waals surface area contributed by atoms with Crippen LogP contribution in [0.5, 0.6) is 5.75 Å². The molecule has 0 atom stereocenters. The smallest absolute Gasteiger partial charge is 0.253 e. The Kier molecular flexibility index (Phi) is 7.85. The Hall–Kier alpha value is -2.49. The molecular weight excluding hydrogens is 457 g/mol. The van der Waals surface area contributed by atoms with E-state index in [2.05, 4.69) is 17.0 Å². The summed E-state index contributed by atoms with van der Waals surface area (Å²) in [5.41, 5.74) is 1.44. The highest BCUT2D eigenvalue weighted by molar-refractivity contribution is 7.89. The van der Waals surface area contributed by atoms with Crippen molar-refractivity contribution in [2.24, 2.45) is 0 Å². The normalized spacial score (nSPS) is 18.1. The number of amides is 1. The highest BCUT2D eigenvalue weighted by Crippen LogP contribution is 2.25. The van der Waals surface area contributed by atoms with Gasteiger partial charge in [0.1, 0.15) is 16.5 Å². The Balaban J connectivity index is 1.36. The van der Waals surface area contributed by atoms with Crippen molar-refractivity contribution in [3.05, 3.63) is 59.4 Å². The summed E-state index contributed by atoms with van der Waals surface area (Å²) in [6.45, 7) is 4.24. The van der Waals surface area contributed by atoms with E-state index in [4.69, 9.17) is 4.74 Å². The highest BCUT2D eigenvalue weighted by Gasteiger charge is 2.30. The first-order valence-corrected chi connectivity index (χ1v) is 13.3. The molecule has 0 saturated carbocycles. The molecule has 2 saturated heterocycles. The number of nitrogens with zero attached hydrogens (tertiary/aromatic N) is 3. The summed E-state index contributed by atoms with van der Waals surface area (Å²) >= 11 is 0. The first kappa shape index (κ1) is 24.6. The molecule has 0 aliphatic carbocycles. The molecule has 9 heteroatoms. The Morgan fingerprint density at radius 1 is 0.941 bits per heavy atom. The summed E-state index contributed by atoms with van der Waals surface area (Å²) in [5.74, 6) is -0.237. The highest BCUT2D eigenvalue weighted by atomic mass is 32.2.